The van der Waals surface area contributed by atoms with Crippen LogP contribution in [-0.4, -0.2) is 55.0 Å². The van der Waals surface area contributed by atoms with Gasteiger partial charge in [-0.3, -0.25) is 9.59 Å². The van der Waals surface area contributed by atoms with Crippen LogP contribution < -0.4 is 10.2 Å². The van der Waals surface area contributed by atoms with Crippen LogP contribution in [-0.2, 0) is 9.59 Å². The summed E-state index contributed by atoms with van der Waals surface area (Å²) in [6.45, 7) is 9.14. The van der Waals surface area contributed by atoms with E-state index in [1.165, 1.54) is 11.0 Å². The lowest BCUT2D eigenvalue weighted by Gasteiger charge is -2.32. The minimum atomic E-state index is -0.220. The minimum absolute atomic E-state index is 0.0459. The molecule has 1 saturated heterocycles. The number of nitrogens with one attached hydrogen (secondary N) is 2. The molecule has 1 aliphatic rings. The lowest BCUT2D eigenvalue weighted by molar-refractivity contribution is -0.896. The van der Waals surface area contributed by atoms with Crippen molar-refractivity contribution in [2.75, 3.05) is 32.7 Å². The molecule has 5 nitrogen and oxygen atoms in total. The van der Waals surface area contributed by atoms with Gasteiger partial charge in [0.15, 0.2) is 6.54 Å². The number of hydrogen-bond acceptors (Lipinski definition) is 2. The molecule has 0 radical (unpaired) electrons. The zero-order valence-electron chi connectivity index (χ0n) is 15.4. The largest absolute Gasteiger partial charge is 0.347 e. The Bertz CT molecular complexity index is 691. The van der Waals surface area contributed by atoms with E-state index >= 15 is 0 Å². The Morgan fingerprint density at radius 3 is 2.46 bits per heavy atom. The molecule has 26 heavy (non-hydrogen) atoms. The predicted molar refractivity (Wildman–Crippen MR) is 106 cm³/mol. The molecule has 0 bridgehead atoms. The number of rotatable bonds is 4. The van der Waals surface area contributed by atoms with Crippen LogP contribution in [0.2, 0.25) is 10.0 Å². The average molecular weight is 399 g/mol. The smallest absolute Gasteiger partial charge is 0.275 e. The van der Waals surface area contributed by atoms with Gasteiger partial charge in [-0.1, -0.05) is 29.3 Å². The number of carbonyl (C=O) groups excluding carboxylic acids is 2. The number of piperazine rings is 1. The van der Waals surface area contributed by atoms with E-state index in [0.29, 0.717) is 29.7 Å². The Balaban J connectivity index is 1.82. The van der Waals surface area contributed by atoms with Crippen molar-refractivity contribution in [3.05, 3.63) is 39.9 Å². The number of quaternary nitrogens is 1. The zero-order valence-corrected chi connectivity index (χ0v) is 17.0. The number of benzene rings is 1. The maximum Gasteiger partial charge on any atom is 0.275 e. The molecule has 2 rings (SSSR count). The summed E-state index contributed by atoms with van der Waals surface area (Å²) in [5.74, 6) is -0.00115. The molecule has 0 aliphatic carbocycles. The second kappa shape index (κ2) is 8.89. The van der Waals surface area contributed by atoms with Gasteiger partial charge < -0.3 is 15.1 Å². The second-order valence-corrected chi connectivity index (χ2v) is 8.39. The van der Waals surface area contributed by atoms with E-state index in [1.54, 1.807) is 29.2 Å². The van der Waals surface area contributed by atoms with Crippen molar-refractivity contribution in [2.45, 2.75) is 26.3 Å². The van der Waals surface area contributed by atoms with Gasteiger partial charge in [0.25, 0.3) is 5.91 Å². The van der Waals surface area contributed by atoms with Crippen LogP contribution in [0.25, 0.3) is 6.08 Å². The summed E-state index contributed by atoms with van der Waals surface area (Å²) in [4.78, 5) is 27.4. The van der Waals surface area contributed by atoms with Gasteiger partial charge in [-0.15, -0.1) is 0 Å². The van der Waals surface area contributed by atoms with Crippen LogP contribution in [0.15, 0.2) is 24.3 Å². The Kier molecular flexibility index (Phi) is 7.09. The molecule has 142 valence electrons. The van der Waals surface area contributed by atoms with Gasteiger partial charge in [-0.2, -0.15) is 0 Å². The van der Waals surface area contributed by atoms with E-state index < -0.39 is 0 Å². The van der Waals surface area contributed by atoms with Gasteiger partial charge in [0.1, 0.15) is 0 Å². The molecule has 1 aromatic carbocycles. The van der Waals surface area contributed by atoms with E-state index in [9.17, 15) is 9.59 Å². The first kappa shape index (κ1) is 20.7. The summed E-state index contributed by atoms with van der Waals surface area (Å²) >= 11 is 12.0. The first-order valence-electron chi connectivity index (χ1n) is 8.71. The van der Waals surface area contributed by atoms with Crippen molar-refractivity contribution >= 4 is 41.1 Å². The molecular formula is C19H26Cl2N3O2+. The molecule has 1 heterocycles. The first-order chi connectivity index (χ1) is 12.1. The molecule has 1 aliphatic heterocycles. The molecule has 0 spiro atoms. The van der Waals surface area contributed by atoms with Crippen molar-refractivity contribution in [1.29, 1.82) is 0 Å². The molecule has 0 saturated carbocycles. The topological polar surface area (TPSA) is 53.9 Å². The second-order valence-electron chi connectivity index (χ2n) is 7.55. The molecule has 0 atom stereocenters. The summed E-state index contributed by atoms with van der Waals surface area (Å²) in [5.41, 5.74) is 0.537. The summed E-state index contributed by atoms with van der Waals surface area (Å²) in [7, 11) is 0. The molecule has 1 aromatic rings. The molecule has 2 N–H and O–H groups in total. The maximum atomic E-state index is 12.3. The van der Waals surface area contributed by atoms with Crippen LogP contribution in [0.5, 0.6) is 0 Å². The monoisotopic (exact) mass is 398 g/mol. The fourth-order valence-corrected chi connectivity index (χ4v) is 3.28. The Morgan fingerprint density at radius 1 is 1.23 bits per heavy atom. The first-order valence-corrected chi connectivity index (χ1v) is 9.46. The maximum absolute atomic E-state index is 12.3. The highest BCUT2D eigenvalue weighted by Gasteiger charge is 2.25. The van der Waals surface area contributed by atoms with Crippen molar-refractivity contribution < 1.29 is 14.5 Å². The molecule has 2 amide bonds. The zero-order chi connectivity index (χ0) is 19.3. The summed E-state index contributed by atoms with van der Waals surface area (Å²) in [5, 5.41) is 4.05. The number of carbonyl (C=O) groups is 2. The number of hydrogen-bond donors (Lipinski definition) is 2. The SMILES string of the molecule is CC(C)(C)NC(=O)C[NH+]1CCN(C(=O)/C=C/c2ccc(Cl)cc2Cl)CC1. The quantitative estimate of drug-likeness (QED) is 0.757. The standard InChI is InChI=1S/C19H25Cl2N3O2/c1-19(2,3)22-17(25)13-23-8-10-24(11-9-23)18(26)7-5-14-4-6-15(20)12-16(14)21/h4-7,12H,8-11,13H2,1-3H3,(H,22,25)/p+1/b7-5+. The van der Waals surface area contributed by atoms with Crippen molar-refractivity contribution in [2.24, 2.45) is 0 Å². The highest BCUT2D eigenvalue weighted by molar-refractivity contribution is 6.35. The molecule has 0 unspecified atom stereocenters. The Morgan fingerprint density at radius 2 is 1.88 bits per heavy atom. The third-order valence-electron chi connectivity index (χ3n) is 4.08. The van der Waals surface area contributed by atoms with E-state index in [1.807, 2.05) is 20.8 Å². The molecule has 0 aromatic heterocycles. The number of nitrogens with zero attached hydrogens (tertiary/aromatic N) is 1. The average Bonchev–Trinajstić information content (AvgIpc) is 2.52. The van der Waals surface area contributed by atoms with E-state index in [4.69, 9.17) is 23.2 Å². The Hall–Kier alpha value is -1.56. The predicted octanol–water partition coefficient (Wildman–Crippen LogP) is 1.65. The lowest BCUT2D eigenvalue weighted by atomic mass is 10.1. The fraction of sp³-hybridized carbons (Fsp3) is 0.474. The molecule has 1 fully saturated rings. The highest BCUT2D eigenvalue weighted by Crippen LogP contribution is 2.22. The van der Waals surface area contributed by atoms with E-state index in [0.717, 1.165) is 18.7 Å². The van der Waals surface area contributed by atoms with Gasteiger partial charge in [-0.25, -0.2) is 0 Å². The van der Waals surface area contributed by atoms with Crippen LogP contribution in [0.4, 0.5) is 0 Å². The molecule has 7 heteroatoms. The van der Waals surface area contributed by atoms with E-state index in [-0.39, 0.29) is 17.4 Å². The molecular weight excluding hydrogens is 373 g/mol. The lowest BCUT2D eigenvalue weighted by Crippen LogP contribution is -3.16. The van der Waals surface area contributed by atoms with Crippen LogP contribution in [0.3, 0.4) is 0 Å². The van der Waals surface area contributed by atoms with E-state index in [2.05, 4.69) is 5.32 Å². The van der Waals surface area contributed by atoms with Crippen molar-refractivity contribution in [3.63, 3.8) is 0 Å². The highest BCUT2D eigenvalue weighted by atomic mass is 35.5. The summed E-state index contributed by atoms with van der Waals surface area (Å²) in [6, 6.07) is 5.17. The number of amides is 2. The summed E-state index contributed by atoms with van der Waals surface area (Å²) in [6.07, 6.45) is 3.24. The van der Waals surface area contributed by atoms with Crippen molar-refractivity contribution in [3.8, 4) is 0 Å². The van der Waals surface area contributed by atoms with Crippen molar-refractivity contribution in [1.82, 2.24) is 10.2 Å². The van der Waals surface area contributed by atoms with Crippen LogP contribution >= 0.6 is 23.2 Å². The normalized spacial score (nSPS) is 16.1. The Labute approximate surface area is 164 Å². The third-order valence-corrected chi connectivity index (χ3v) is 4.64. The van der Waals surface area contributed by atoms with Crippen LogP contribution in [0.1, 0.15) is 26.3 Å². The fourth-order valence-electron chi connectivity index (χ4n) is 2.81. The van der Waals surface area contributed by atoms with Gasteiger partial charge in [-0.05, 0) is 44.5 Å². The van der Waals surface area contributed by atoms with Gasteiger partial charge in [0.05, 0.1) is 26.2 Å². The summed E-state index contributed by atoms with van der Waals surface area (Å²) < 4.78 is 0. The van der Waals surface area contributed by atoms with Gasteiger partial charge in [0, 0.05) is 21.7 Å². The van der Waals surface area contributed by atoms with Gasteiger partial charge in [0.2, 0.25) is 5.91 Å². The number of halogens is 2. The van der Waals surface area contributed by atoms with Gasteiger partial charge >= 0.3 is 0 Å². The minimum Gasteiger partial charge on any atom is -0.347 e. The van der Waals surface area contributed by atoms with Crippen LogP contribution in [0, 0.1) is 0 Å². The third kappa shape index (κ3) is 6.63.